The molecule has 0 spiro atoms. The lowest BCUT2D eigenvalue weighted by molar-refractivity contribution is -0.0249. The summed E-state index contributed by atoms with van der Waals surface area (Å²) in [6.07, 6.45) is 5.74. The zero-order chi connectivity index (χ0) is 16.4. The number of likely N-dealkylation sites (tertiary alicyclic amines) is 2. The van der Waals surface area contributed by atoms with Crippen LogP contribution in [-0.4, -0.2) is 48.3 Å². The minimum atomic E-state index is -0.0499. The SMILES string of the molecule is COC(C)(C)CC1CC2CCCN(C)C2N1Cc1ccccc1. The van der Waals surface area contributed by atoms with Crippen molar-refractivity contribution in [1.29, 1.82) is 0 Å². The first kappa shape index (κ1) is 16.9. The second kappa shape index (κ2) is 6.92. The molecule has 0 N–H and O–H groups in total. The Hall–Kier alpha value is -0.900. The highest BCUT2D eigenvalue weighted by atomic mass is 16.5. The number of nitrogens with zero attached hydrogens (tertiary/aromatic N) is 2. The summed E-state index contributed by atoms with van der Waals surface area (Å²) in [5.74, 6) is 0.815. The number of benzene rings is 1. The molecule has 23 heavy (non-hydrogen) atoms. The average Bonchev–Trinajstić information content (AvgIpc) is 2.86. The predicted molar refractivity (Wildman–Crippen MR) is 95.2 cm³/mol. The van der Waals surface area contributed by atoms with E-state index in [-0.39, 0.29) is 5.60 Å². The second-order valence-electron chi connectivity index (χ2n) is 8.01. The van der Waals surface area contributed by atoms with E-state index < -0.39 is 0 Å². The van der Waals surface area contributed by atoms with Gasteiger partial charge in [-0.05, 0) is 64.6 Å². The molecule has 0 aliphatic carbocycles. The predicted octanol–water partition coefficient (Wildman–Crippen LogP) is 3.74. The topological polar surface area (TPSA) is 15.7 Å². The van der Waals surface area contributed by atoms with Gasteiger partial charge in [0.2, 0.25) is 0 Å². The van der Waals surface area contributed by atoms with Gasteiger partial charge in [-0.25, -0.2) is 0 Å². The van der Waals surface area contributed by atoms with E-state index in [0.29, 0.717) is 12.2 Å². The molecule has 2 heterocycles. The number of hydrogen-bond acceptors (Lipinski definition) is 3. The van der Waals surface area contributed by atoms with E-state index in [1.54, 1.807) is 0 Å². The molecule has 1 aromatic carbocycles. The van der Waals surface area contributed by atoms with Crippen molar-refractivity contribution in [3.8, 4) is 0 Å². The molecule has 2 saturated heterocycles. The fourth-order valence-electron chi connectivity index (χ4n) is 4.58. The molecule has 0 bridgehead atoms. The minimum Gasteiger partial charge on any atom is -0.379 e. The van der Waals surface area contributed by atoms with Crippen molar-refractivity contribution in [3.05, 3.63) is 35.9 Å². The lowest BCUT2D eigenvalue weighted by atomic mass is 9.90. The fourth-order valence-corrected chi connectivity index (χ4v) is 4.58. The van der Waals surface area contributed by atoms with E-state index >= 15 is 0 Å². The van der Waals surface area contributed by atoms with Gasteiger partial charge in [-0.3, -0.25) is 9.80 Å². The number of ether oxygens (including phenoxy) is 1. The third-order valence-corrected chi connectivity index (χ3v) is 5.83. The quantitative estimate of drug-likeness (QED) is 0.823. The minimum absolute atomic E-state index is 0.0499. The van der Waals surface area contributed by atoms with Crippen LogP contribution in [0.2, 0.25) is 0 Å². The highest BCUT2D eigenvalue weighted by Gasteiger charge is 2.45. The lowest BCUT2D eigenvalue weighted by Crippen LogP contribution is -2.50. The monoisotopic (exact) mass is 316 g/mol. The van der Waals surface area contributed by atoms with Gasteiger partial charge in [0.25, 0.3) is 0 Å². The largest absolute Gasteiger partial charge is 0.379 e. The highest BCUT2D eigenvalue weighted by Crippen LogP contribution is 2.41. The van der Waals surface area contributed by atoms with Gasteiger partial charge in [0.1, 0.15) is 0 Å². The van der Waals surface area contributed by atoms with Gasteiger partial charge in [-0.1, -0.05) is 30.3 Å². The van der Waals surface area contributed by atoms with Crippen LogP contribution in [-0.2, 0) is 11.3 Å². The summed E-state index contributed by atoms with van der Waals surface area (Å²) in [6.45, 7) is 6.72. The van der Waals surface area contributed by atoms with Crippen LogP contribution in [0.25, 0.3) is 0 Å². The molecule has 3 nitrogen and oxygen atoms in total. The van der Waals surface area contributed by atoms with Crippen LogP contribution >= 0.6 is 0 Å². The highest BCUT2D eigenvalue weighted by molar-refractivity contribution is 5.15. The number of methoxy groups -OCH3 is 1. The van der Waals surface area contributed by atoms with Crippen molar-refractivity contribution >= 4 is 0 Å². The standard InChI is InChI=1S/C20H32N2O/c1-20(2,23-4)14-18-13-17-11-8-12-21(3)19(17)22(18)15-16-9-6-5-7-10-16/h5-7,9-10,17-19H,8,11-15H2,1-4H3. The Kier molecular flexibility index (Phi) is 5.10. The van der Waals surface area contributed by atoms with Gasteiger partial charge in [-0.2, -0.15) is 0 Å². The van der Waals surface area contributed by atoms with Gasteiger partial charge in [0.15, 0.2) is 0 Å². The summed E-state index contributed by atoms with van der Waals surface area (Å²) >= 11 is 0. The molecule has 2 aliphatic rings. The zero-order valence-electron chi connectivity index (χ0n) is 15.2. The summed E-state index contributed by atoms with van der Waals surface area (Å²) in [6, 6.07) is 11.5. The van der Waals surface area contributed by atoms with E-state index in [4.69, 9.17) is 4.74 Å². The van der Waals surface area contributed by atoms with E-state index in [1.807, 2.05) is 7.11 Å². The van der Waals surface area contributed by atoms with E-state index in [0.717, 1.165) is 18.9 Å². The Bertz CT molecular complexity index is 502. The van der Waals surface area contributed by atoms with Crippen LogP contribution in [0.3, 0.4) is 0 Å². The van der Waals surface area contributed by atoms with Crippen molar-refractivity contribution in [2.45, 2.75) is 63.9 Å². The van der Waals surface area contributed by atoms with Crippen LogP contribution < -0.4 is 0 Å². The maximum Gasteiger partial charge on any atom is 0.0654 e. The maximum absolute atomic E-state index is 5.74. The summed E-state index contributed by atoms with van der Waals surface area (Å²) < 4.78 is 5.74. The van der Waals surface area contributed by atoms with E-state index in [1.165, 1.54) is 31.4 Å². The van der Waals surface area contributed by atoms with Crippen molar-refractivity contribution in [2.75, 3.05) is 20.7 Å². The Morgan fingerprint density at radius 3 is 2.65 bits per heavy atom. The van der Waals surface area contributed by atoms with E-state index in [9.17, 15) is 0 Å². The first-order valence-electron chi connectivity index (χ1n) is 9.05. The molecule has 0 aromatic heterocycles. The second-order valence-corrected chi connectivity index (χ2v) is 8.01. The van der Waals surface area contributed by atoms with Gasteiger partial charge >= 0.3 is 0 Å². The van der Waals surface area contributed by atoms with Gasteiger partial charge < -0.3 is 4.74 Å². The lowest BCUT2D eigenvalue weighted by Gasteiger charge is -2.41. The molecule has 3 atom stereocenters. The van der Waals surface area contributed by atoms with Crippen molar-refractivity contribution < 1.29 is 4.74 Å². The Morgan fingerprint density at radius 2 is 1.96 bits per heavy atom. The summed E-state index contributed by atoms with van der Waals surface area (Å²) in [7, 11) is 4.15. The van der Waals surface area contributed by atoms with Crippen molar-refractivity contribution in [3.63, 3.8) is 0 Å². The third kappa shape index (κ3) is 3.78. The molecule has 1 aromatic rings. The summed E-state index contributed by atoms with van der Waals surface area (Å²) in [5.41, 5.74) is 1.37. The normalized spacial score (nSPS) is 29.7. The number of fused-ring (bicyclic) bond motifs is 1. The average molecular weight is 316 g/mol. The molecular formula is C20H32N2O. The molecule has 3 rings (SSSR count). The molecule has 128 valence electrons. The summed E-state index contributed by atoms with van der Waals surface area (Å²) in [4.78, 5) is 5.33. The Labute approximate surface area is 141 Å². The van der Waals surface area contributed by atoms with Crippen LogP contribution in [0.4, 0.5) is 0 Å². The maximum atomic E-state index is 5.74. The number of piperidine rings is 1. The van der Waals surface area contributed by atoms with Gasteiger partial charge in [0.05, 0.1) is 11.8 Å². The summed E-state index contributed by atoms with van der Waals surface area (Å²) in [5, 5.41) is 0. The first-order valence-corrected chi connectivity index (χ1v) is 9.05. The molecule has 2 aliphatic heterocycles. The molecule has 3 heteroatoms. The molecular weight excluding hydrogens is 284 g/mol. The number of rotatable bonds is 5. The molecule has 0 saturated carbocycles. The first-order chi connectivity index (χ1) is 11.0. The van der Waals surface area contributed by atoms with Gasteiger partial charge in [-0.15, -0.1) is 0 Å². The van der Waals surface area contributed by atoms with Crippen LogP contribution in [0.5, 0.6) is 0 Å². The van der Waals surface area contributed by atoms with Gasteiger partial charge in [0, 0.05) is 19.7 Å². The van der Waals surface area contributed by atoms with E-state index in [2.05, 4.69) is 61.0 Å². The molecule has 3 unspecified atom stereocenters. The van der Waals surface area contributed by atoms with Crippen molar-refractivity contribution in [2.24, 2.45) is 5.92 Å². The fraction of sp³-hybridized carbons (Fsp3) is 0.700. The zero-order valence-corrected chi connectivity index (χ0v) is 15.2. The van der Waals surface area contributed by atoms with Crippen LogP contribution in [0, 0.1) is 5.92 Å². The molecule has 0 radical (unpaired) electrons. The number of hydrogen-bond donors (Lipinski definition) is 0. The Balaban J connectivity index is 1.81. The molecule has 2 fully saturated rings. The van der Waals surface area contributed by atoms with Crippen LogP contribution in [0.15, 0.2) is 30.3 Å². The molecule has 0 amide bonds. The smallest absolute Gasteiger partial charge is 0.0654 e. The van der Waals surface area contributed by atoms with Crippen LogP contribution in [0.1, 0.15) is 45.1 Å². The third-order valence-electron chi connectivity index (χ3n) is 5.83. The Morgan fingerprint density at radius 1 is 1.22 bits per heavy atom. The van der Waals surface area contributed by atoms with Crippen molar-refractivity contribution in [1.82, 2.24) is 9.80 Å².